The number of nitrogens with one attached hydrogen (secondary N) is 2. The Kier molecular flexibility index (Phi) is 5.88. The van der Waals surface area contributed by atoms with Crippen LogP contribution in [-0.2, 0) is 22.4 Å². The summed E-state index contributed by atoms with van der Waals surface area (Å²) < 4.78 is 11.3. The molecular formula is C28H26N2O6. The van der Waals surface area contributed by atoms with Gasteiger partial charge in [-0.1, -0.05) is 18.2 Å². The first-order chi connectivity index (χ1) is 17.2. The highest BCUT2D eigenvalue weighted by Crippen LogP contribution is 2.31. The average molecular weight is 487 g/mol. The Morgan fingerprint density at radius 1 is 1.00 bits per heavy atom. The van der Waals surface area contributed by atoms with Crippen molar-refractivity contribution in [1.29, 1.82) is 0 Å². The third-order valence-corrected chi connectivity index (χ3v) is 6.92. The molecule has 0 saturated carbocycles. The fourth-order valence-corrected chi connectivity index (χ4v) is 4.74. The van der Waals surface area contributed by atoms with Crippen molar-refractivity contribution in [3.05, 3.63) is 81.0 Å². The van der Waals surface area contributed by atoms with E-state index in [0.717, 1.165) is 44.1 Å². The molecule has 1 atom stereocenters. The van der Waals surface area contributed by atoms with Gasteiger partial charge in [-0.25, -0.2) is 9.59 Å². The normalized spacial score (nSPS) is 12.4. The molecule has 5 aromatic rings. The van der Waals surface area contributed by atoms with Gasteiger partial charge in [0.25, 0.3) is 0 Å². The van der Waals surface area contributed by atoms with Crippen LogP contribution in [0.25, 0.3) is 32.8 Å². The van der Waals surface area contributed by atoms with Crippen molar-refractivity contribution in [3.63, 3.8) is 0 Å². The summed E-state index contributed by atoms with van der Waals surface area (Å²) in [5, 5.41) is 14.9. The van der Waals surface area contributed by atoms with Crippen LogP contribution in [0.3, 0.4) is 0 Å². The van der Waals surface area contributed by atoms with Crippen molar-refractivity contribution in [2.45, 2.75) is 46.1 Å². The number of para-hydroxylation sites is 1. The predicted molar refractivity (Wildman–Crippen MR) is 136 cm³/mol. The average Bonchev–Trinajstić information content (AvgIpc) is 3.37. The maximum Gasteiger partial charge on any atom is 0.339 e. The molecule has 0 aliphatic carbocycles. The molecule has 184 valence electrons. The number of H-pyrrole nitrogens is 1. The van der Waals surface area contributed by atoms with Crippen molar-refractivity contribution in [2.24, 2.45) is 0 Å². The molecule has 0 aliphatic heterocycles. The number of carbonyl (C=O) groups excluding carboxylic acids is 1. The monoisotopic (exact) mass is 486 g/mol. The van der Waals surface area contributed by atoms with E-state index in [1.54, 1.807) is 12.3 Å². The summed E-state index contributed by atoms with van der Waals surface area (Å²) in [4.78, 5) is 40.4. The first kappa shape index (κ1) is 23.4. The molecule has 0 spiro atoms. The van der Waals surface area contributed by atoms with E-state index in [1.165, 1.54) is 0 Å². The number of carbonyl (C=O) groups is 2. The second-order valence-corrected chi connectivity index (χ2v) is 9.14. The Hall–Kier alpha value is -4.33. The number of aliphatic carboxylic acids is 1. The van der Waals surface area contributed by atoms with Crippen molar-refractivity contribution >= 4 is 44.7 Å². The maximum absolute atomic E-state index is 12.7. The lowest BCUT2D eigenvalue weighted by Crippen LogP contribution is -2.42. The number of rotatable bonds is 7. The van der Waals surface area contributed by atoms with Gasteiger partial charge < -0.3 is 24.2 Å². The van der Waals surface area contributed by atoms with Crippen molar-refractivity contribution < 1.29 is 23.5 Å². The summed E-state index contributed by atoms with van der Waals surface area (Å²) >= 11 is 0. The van der Waals surface area contributed by atoms with Gasteiger partial charge in [0.05, 0.1) is 0 Å². The molecule has 3 aromatic heterocycles. The molecule has 3 N–H and O–H groups in total. The first-order valence-electron chi connectivity index (χ1n) is 11.8. The number of hydrogen-bond donors (Lipinski definition) is 3. The van der Waals surface area contributed by atoms with E-state index in [2.05, 4.69) is 10.3 Å². The fourth-order valence-electron chi connectivity index (χ4n) is 4.74. The minimum atomic E-state index is -1.12. The summed E-state index contributed by atoms with van der Waals surface area (Å²) in [6, 6.07) is 10.2. The van der Waals surface area contributed by atoms with Gasteiger partial charge in [-0.05, 0) is 56.0 Å². The number of aromatic amines is 1. The van der Waals surface area contributed by atoms with Gasteiger partial charge in [0, 0.05) is 52.3 Å². The summed E-state index contributed by atoms with van der Waals surface area (Å²) in [6.45, 7) is 5.69. The Morgan fingerprint density at radius 2 is 1.72 bits per heavy atom. The highest BCUT2D eigenvalue weighted by molar-refractivity contribution is 5.97. The number of carboxylic acid groups (broad SMARTS) is 1. The molecule has 1 amide bonds. The number of aromatic nitrogens is 1. The van der Waals surface area contributed by atoms with E-state index in [9.17, 15) is 19.5 Å². The van der Waals surface area contributed by atoms with Crippen molar-refractivity contribution in [2.75, 3.05) is 0 Å². The second kappa shape index (κ2) is 9.03. The molecular weight excluding hydrogens is 460 g/mol. The zero-order chi connectivity index (χ0) is 25.6. The Labute approximate surface area is 205 Å². The van der Waals surface area contributed by atoms with Gasteiger partial charge >= 0.3 is 11.6 Å². The van der Waals surface area contributed by atoms with Gasteiger partial charge in [0.15, 0.2) is 0 Å². The van der Waals surface area contributed by atoms with Crippen molar-refractivity contribution in [1.82, 2.24) is 10.3 Å². The number of carboxylic acids is 1. The van der Waals surface area contributed by atoms with Gasteiger partial charge in [0.2, 0.25) is 5.91 Å². The van der Waals surface area contributed by atoms with Gasteiger partial charge in [-0.15, -0.1) is 0 Å². The molecule has 36 heavy (non-hydrogen) atoms. The lowest BCUT2D eigenvalue weighted by atomic mass is 10.00. The molecule has 8 heteroatoms. The minimum Gasteiger partial charge on any atom is -0.480 e. The summed E-state index contributed by atoms with van der Waals surface area (Å²) in [6.07, 6.45) is 2.00. The maximum atomic E-state index is 12.7. The summed E-state index contributed by atoms with van der Waals surface area (Å²) in [7, 11) is 0. The molecule has 0 aliphatic rings. The van der Waals surface area contributed by atoms with Crippen LogP contribution in [-0.4, -0.2) is 28.0 Å². The van der Waals surface area contributed by atoms with Crippen molar-refractivity contribution in [3.8, 4) is 0 Å². The third kappa shape index (κ3) is 4.15. The number of hydrogen-bond acceptors (Lipinski definition) is 5. The molecule has 3 heterocycles. The molecule has 0 fully saturated rings. The van der Waals surface area contributed by atoms with Gasteiger partial charge in [0.1, 0.15) is 23.0 Å². The minimum absolute atomic E-state index is 0.0408. The lowest BCUT2D eigenvalue weighted by Gasteiger charge is -2.14. The number of amides is 1. The Balaban J connectivity index is 1.34. The topological polar surface area (TPSA) is 126 Å². The fraction of sp³-hybridized carbons (Fsp3) is 0.250. The Bertz CT molecular complexity index is 1700. The molecule has 2 aromatic carbocycles. The smallest absolute Gasteiger partial charge is 0.339 e. The molecule has 0 unspecified atom stereocenters. The molecule has 8 nitrogen and oxygen atoms in total. The number of benzene rings is 2. The highest BCUT2D eigenvalue weighted by atomic mass is 16.4. The van der Waals surface area contributed by atoms with Crippen LogP contribution in [0.15, 0.2) is 56.2 Å². The summed E-state index contributed by atoms with van der Waals surface area (Å²) in [5.41, 5.74) is 4.44. The SMILES string of the molecule is Cc1oc2cc3oc(=O)c(CCC(=O)N[C@H](Cc4c[nH]c5ccccc45)C(=O)O)c(C)c3cc2c1C. The van der Waals surface area contributed by atoms with E-state index in [0.29, 0.717) is 16.7 Å². The number of aryl methyl sites for hydroxylation is 3. The highest BCUT2D eigenvalue weighted by Gasteiger charge is 2.23. The second-order valence-electron chi connectivity index (χ2n) is 9.14. The van der Waals surface area contributed by atoms with Crippen LogP contribution < -0.4 is 10.9 Å². The number of furan rings is 1. The standard InChI is InChI=1S/C28H26N2O6/c1-14-16(3)35-24-12-25-21(11-20(14)24)15(2)18(28(34)36-25)8-9-26(31)30-23(27(32)33)10-17-13-29-22-7-5-4-6-19(17)22/h4-7,11-13,23,29H,8-10H2,1-3H3,(H,30,31)(H,32,33)/t23-/m1/s1. The zero-order valence-electron chi connectivity index (χ0n) is 20.2. The largest absolute Gasteiger partial charge is 0.480 e. The van der Waals surface area contributed by atoms with Crippen LogP contribution in [0.2, 0.25) is 0 Å². The van der Waals surface area contributed by atoms with Crippen LogP contribution >= 0.6 is 0 Å². The van der Waals surface area contributed by atoms with E-state index in [1.807, 2.05) is 51.1 Å². The van der Waals surface area contributed by atoms with Gasteiger partial charge in [-0.2, -0.15) is 0 Å². The van der Waals surface area contributed by atoms with Gasteiger partial charge in [-0.3, -0.25) is 4.79 Å². The predicted octanol–water partition coefficient (Wildman–Crippen LogP) is 4.69. The molecule has 0 radical (unpaired) electrons. The van der Waals surface area contributed by atoms with E-state index in [-0.39, 0.29) is 19.3 Å². The van der Waals surface area contributed by atoms with Crippen LogP contribution in [0.4, 0.5) is 0 Å². The van der Waals surface area contributed by atoms with E-state index < -0.39 is 23.5 Å². The molecule has 0 bridgehead atoms. The lowest BCUT2D eigenvalue weighted by molar-refractivity contribution is -0.141. The molecule has 5 rings (SSSR count). The molecule has 0 saturated heterocycles. The van der Waals surface area contributed by atoms with Crippen LogP contribution in [0, 0.1) is 20.8 Å². The Morgan fingerprint density at radius 3 is 2.50 bits per heavy atom. The van der Waals surface area contributed by atoms with Crippen LogP contribution in [0.1, 0.15) is 34.4 Å². The number of fused-ring (bicyclic) bond motifs is 3. The quantitative estimate of drug-likeness (QED) is 0.287. The zero-order valence-corrected chi connectivity index (χ0v) is 20.2. The third-order valence-electron chi connectivity index (χ3n) is 6.92. The van der Waals surface area contributed by atoms with E-state index in [4.69, 9.17) is 8.83 Å². The first-order valence-corrected chi connectivity index (χ1v) is 11.8. The summed E-state index contributed by atoms with van der Waals surface area (Å²) in [5.74, 6) is -0.763. The van der Waals surface area contributed by atoms with E-state index >= 15 is 0 Å². The van der Waals surface area contributed by atoms with Crippen LogP contribution in [0.5, 0.6) is 0 Å².